The molecular weight excluding hydrogens is 561 g/mol. The third-order valence-electron chi connectivity index (χ3n) is 9.81. The van der Waals surface area contributed by atoms with E-state index < -0.39 is 40.9 Å². The summed E-state index contributed by atoms with van der Waals surface area (Å²) in [5, 5.41) is 12.6. The number of likely N-dealkylation sites (tertiary alicyclic amines) is 1. The predicted molar refractivity (Wildman–Crippen MR) is 154 cm³/mol. The number of likely N-dealkylation sites (N-methyl/N-ethyl adjacent to an activating group) is 1. The third kappa shape index (κ3) is 4.65. The van der Waals surface area contributed by atoms with E-state index in [2.05, 4.69) is 4.90 Å². The number of benzene rings is 2. The van der Waals surface area contributed by atoms with Gasteiger partial charge in [-0.2, -0.15) is 13.2 Å². The van der Waals surface area contributed by atoms with Crippen LogP contribution in [0.5, 0.6) is 11.5 Å². The summed E-state index contributed by atoms with van der Waals surface area (Å²) < 4.78 is 52.1. The first-order valence-corrected chi connectivity index (χ1v) is 14.9. The van der Waals surface area contributed by atoms with E-state index in [1.54, 1.807) is 11.0 Å². The Morgan fingerprint density at radius 2 is 2.00 bits per heavy atom. The number of aliphatic hydroxyl groups is 1. The van der Waals surface area contributed by atoms with E-state index in [9.17, 15) is 27.9 Å². The molecule has 2 bridgehead atoms. The van der Waals surface area contributed by atoms with Gasteiger partial charge in [0, 0.05) is 31.1 Å². The van der Waals surface area contributed by atoms with Crippen molar-refractivity contribution in [2.45, 2.75) is 81.8 Å². The van der Waals surface area contributed by atoms with E-state index in [1.807, 2.05) is 27.0 Å². The van der Waals surface area contributed by atoms with Gasteiger partial charge in [0.05, 0.1) is 22.6 Å². The second kappa shape index (κ2) is 10.4. The number of ether oxygens (including phenoxy) is 2. The first-order valence-electron chi connectivity index (χ1n) is 14.9. The maximum atomic E-state index is 13.9. The van der Waals surface area contributed by atoms with Crippen LogP contribution in [-0.4, -0.2) is 70.7 Å². The summed E-state index contributed by atoms with van der Waals surface area (Å²) in [4.78, 5) is 29.9. The molecule has 0 radical (unpaired) electrons. The van der Waals surface area contributed by atoms with Gasteiger partial charge in [0.1, 0.15) is 6.10 Å². The van der Waals surface area contributed by atoms with Crippen LogP contribution < -0.4 is 9.47 Å². The van der Waals surface area contributed by atoms with Crippen molar-refractivity contribution in [1.82, 2.24) is 9.80 Å². The molecule has 4 aliphatic rings. The molecule has 0 unspecified atom stereocenters. The van der Waals surface area contributed by atoms with Gasteiger partial charge < -0.3 is 24.4 Å². The van der Waals surface area contributed by atoms with Crippen molar-refractivity contribution in [1.29, 1.82) is 0 Å². The Labute approximate surface area is 249 Å². The fourth-order valence-electron chi connectivity index (χ4n) is 8.13. The molecule has 2 aromatic rings. The molecule has 0 aromatic heterocycles. The molecular formula is C33H37F3N2O5. The zero-order valence-corrected chi connectivity index (χ0v) is 24.8. The summed E-state index contributed by atoms with van der Waals surface area (Å²) in [5.74, 6) is 0.0459. The van der Waals surface area contributed by atoms with Gasteiger partial charge in [-0.1, -0.05) is 32.0 Å². The average Bonchev–Trinajstić information content (AvgIpc) is 3.29. The number of hydrogen-bond acceptors (Lipinski definition) is 6. The van der Waals surface area contributed by atoms with Crippen LogP contribution in [0.25, 0.3) is 6.08 Å². The summed E-state index contributed by atoms with van der Waals surface area (Å²) >= 11 is 0. The van der Waals surface area contributed by atoms with E-state index in [1.165, 1.54) is 31.2 Å². The lowest BCUT2D eigenvalue weighted by molar-refractivity contribution is -0.197. The number of nitrogens with zero attached hydrogens (tertiary/aromatic N) is 2. The minimum absolute atomic E-state index is 0.0942. The minimum atomic E-state index is -4.49. The molecule has 6 rings (SSSR count). The molecule has 1 saturated carbocycles. The zero-order valence-electron chi connectivity index (χ0n) is 24.8. The largest absolute Gasteiger partial charge is 0.483 e. The summed E-state index contributed by atoms with van der Waals surface area (Å²) in [6, 6.07) is 8.01. The molecule has 1 saturated heterocycles. The summed E-state index contributed by atoms with van der Waals surface area (Å²) in [7, 11) is 2.03. The molecule has 1 N–H and O–H groups in total. The van der Waals surface area contributed by atoms with Crippen molar-refractivity contribution in [2.75, 3.05) is 20.1 Å². The van der Waals surface area contributed by atoms with Gasteiger partial charge in [0.15, 0.2) is 11.5 Å². The monoisotopic (exact) mass is 598 g/mol. The van der Waals surface area contributed by atoms with Gasteiger partial charge in [-0.3, -0.25) is 9.59 Å². The molecule has 2 fully saturated rings. The second-order valence-electron chi connectivity index (χ2n) is 12.9. The highest BCUT2D eigenvalue weighted by Gasteiger charge is 2.73. The van der Waals surface area contributed by atoms with Crippen molar-refractivity contribution >= 4 is 18.0 Å². The highest BCUT2D eigenvalue weighted by molar-refractivity contribution is 5.92. The molecule has 1 spiro atoms. The summed E-state index contributed by atoms with van der Waals surface area (Å²) in [6.45, 7) is 6.46. The van der Waals surface area contributed by atoms with E-state index in [4.69, 9.17) is 9.47 Å². The molecule has 43 heavy (non-hydrogen) atoms. The van der Waals surface area contributed by atoms with Crippen molar-refractivity contribution < 1.29 is 37.3 Å². The van der Waals surface area contributed by atoms with Gasteiger partial charge in [-0.25, -0.2) is 0 Å². The number of carbonyl (C=O) groups is 2. The lowest BCUT2D eigenvalue weighted by atomic mass is 9.48. The van der Waals surface area contributed by atoms with Crippen molar-refractivity contribution in [3.63, 3.8) is 0 Å². The Hall–Kier alpha value is -3.37. The first-order chi connectivity index (χ1) is 20.3. The number of halogens is 3. The predicted octanol–water partition coefficient (Wildman–Crippen LogP) is 4.98. The maximum Gasteiger partial charge on any atom is 0.416 e. The number of esters is 1. The van der Waals surface area contributed by atoms with Gasteiger partial charge >= 0.3 is 12.1 Å². The van der Waals surface area contributed by atoms with Crippen LogP contribution in [0.15, 0.2) is 42.5 Å². The smallest absolute Gasteiger partial charge is 0.416 e. The SMILES string of the molecule is CC(=O)Oc1ccc2c3c1O[C@H]1[C@H](N(CC(C)C)C(=O)C=Cc4cccc(C(F)(F)F)c4)CC[C@@]4(O)[C@@H](C2)N(C)CC[C@]314. The van der Waals surface area contributed by atoms with Crippen LogP contribution in [0.3, 0.4) is 0 Å². The molecule has 7 nitrogen and oxygen atoms in total. The van der Waals surface area contributed by atoms with Crippen LogP contribution >= 0.6 is 0 Å². The Morgan fingerprint density at radius 1 is 1.23 bits per heavy atom. The van der Waals surface area contributed by atoms with E-state index >= 15 is 0 Å². The Morgan fingerprint density at radius 3 is 2.70 bits per heavy atom. The van der Waals surface area contributed by atoms with Crippen LogP contribution in [0, 0.1) is 5.92 Å². The highest BCUT2D eigenvalue weighted by atomic mass is 19.4. The number of hydrogen-bond donors (Lipinski definition) is 1. The van der Waals surface area contributed by atoms with E-state index in [-0.39, 0.29) is 23.4 Å². The fraction of sp³-hybridized carbons (Fsp3) is 0.515. The maximum absolute atomic E-state index is 13.9. The minimum Gasteiger partial charge on any atom is -0.483 e. The third-order valence-corrected chi connectivity index (χ3v) is 9.81. The molecule has 2 heterocycles. The number of rotatable bonds is 6. The van der Waals surface area contributed by atoms with E-state index in [0.717, 1.165) is 29.8 Å². The molecule has 5 atom stereocenters. The first kappa shape index (κ1) is 29.7. The van der Waals surface area contributed by atoms with Crippen molar-refractivity contribution in [2.24, 2.45) is 5.92 Å². The standard InChI is InChI=1S/C33H37F3N2O5/c1-19(2)18-38(27(40)11-8-21-6-5-7-23(16-21)33(34,35)36)24-12-13-32(41)26-17-22-9-10-25(42-20(3)39)29-28(22)31(32,30(24)43-29)14-15-37(26)4/h5-11,16,19,24,26,30,41H,12-15,17-18H2,1-4H3/t24-,26-,30+,31+,32-/m1/s1. The van der Waals surface area contributed by atoms with Gasteiger partial charge in [-0.15, -0.1) is 0 Å². The van der Waals surface area contributed by atoms with Crippen molar-refractivity contribution in [3.05, 3.63) is 64.7 Å². The quantitative estimate of drug-likeness (QED) is 0.287. The molecule has 2 aliphatic carbocycles. The number of amides is 1. The molecule has 2 aromatic carbocycles. The number of carbonyl (C=O) groups excluding carboxylic acids is 2. The summed E-state index contributed by atoms with van der Waals surface area (Å²) in [5.41, 5.74) is -0.515. The topological polar surface area (TPSA) is 79.3 Å². The second-order valence-corrected chi connectivity index (χ2v) is 12.9. The van der Waals surface area contributed by atoms with Crippen LogP contribution in [0.4, 0.5) is 13.2 Å². The Bertz CT molecular complexity index is 1490. The number of piperidine rings is 1. The lowest BCUT2D eigenvalue weighted by Gasteiger charge is -2.64. The highest BCUT2D eigenvalue weighted by Crippen LogP contribution is 2.65. The summed E-state index contributed by atoms with van der Waals surface area (Å²) in [6.07, 6.45) is -0.185. The van der Waals surface area contributed by atoms with Gasteiger partial charge in [0.25, 0.3) is 0 Å². The lowest BCUT2D eigenvalue weighted by Crippen LogP contribution is -2.78. The normalized spacial score (nSPS) is 29.4. The van der Waals surface area contributed by atoms with Gasteiger partial charge in [-0.05, 0) is 80.6 Å². The Kier molecular flexibility index (Phi) is 7.16. The van der Waals surface area contributed by atoms with E-state index in [0.29, 0.717) is 43.7 Å². The fourth-order valence-corrected chi connectivity index (χ4v) is 8.13. The average molecular weight is 599 g/mol. The van der Waals surface area contributed by atoms with Crippen LogP contribution in [0.2, 0.25) is 0 Å². The molecule has 230 valence electrons. The number of alkyl halides is 3. The van der Waals surface area contributed by atoms with Crippen LogP contribution in [0.1, 0.15) is 62.3 Å². The van der Waals surface area contributed by atoms with Gasteiger partial charge in [0.2, 0.25) is 5.91 Å². The molecule has 2 aliphatic heterocycles. The molecule has 1 amide bonds. The zero-order chi connectivity index (χ0) is 30.9. The Balaban J connectivity index is 1.41. The van der Waals surface area contributed by atoms with Crippen molar-refractivity contribution in [3.8, 4) is 11.5 Å². The molecule has 10 heteroatoms. The van der Waals surface area contributed by atoms with Crippen LogP contribution in [-0.2, 0) is 27.6 Å².